The lowest BCUT2D eigenvalue weighted by Crippen LogP contribution is -2.40. The topological polar surface area (TPSA) is 120 Å². The average Bonchev–Trinajstić information content (AvgIpc) is 3.60. The van der Waals surface area contributed by atoms with Crippen LogP contribution in [0.15, 0.2) is 63.5 Å². The predicted octanol–water partition coefficient (Wildman–Crippen LogP) is 3.23. The van der Waals surface area contributed by atoms with Crippen LogP contribution in [0.3, 0.4) is 0 Å². The van der Waals surface area contributed by atoms with Crippen molar-refractivity contribution in [2.24, 2.45) is 0 Å². The first-order valence-electron chi connectivity index (χ1n) is 10.5. The third-order valence-electron chi connectivity index (χ3n) is 5.55. The Kier molecular flexibility index (Phi) is 5.91. The summed E-state index contributed by atoms with van der Waals surface area (Å²) >= 11 is 1.10. The second-order valence-corrected chi connectivity index (χ2v) is 10.7. The number of nitro benzene ring substituents is 1. The summed E-state index contributed by atoms with van der Waals surface area (Å²) in [5.74, 6) is 1.15. The van der Waals surface area contributed by atoms with Crippen LogP contribution in [0.25, 0.3) is 5.69 Å². The van der Waals surface area contributed by atoms with Crippen molar-refractivity contribution in [1.29, 1.82) is 0 Å². The van der Waals surface area contributed by atoms with Crippen LogP contribution in [-0.4, -0.2) is 58.7 Å². The minimum absolute atomic E-state index is 0.108. The molecule has 0 radical (unpaired) electrons. The Balaban J connectivity index is 1.52. The summed E-state index contributed by atoms with van der Waals surface area (Å²) in [5.41, 5.74) is 0.589. The first-order chi connectivity index (χ1) is 15.9. The van der Waals surface area contributed by atoms with E-state index < -0.39 is 14.9 Å². The largest absolute Gasteiger partial charge is 0.379 e. The first-order valence-corrected chi connectivity index (χ1v) is 12.8. The van der Waals surface area contributed by atoms with E-state index in [2.05, 4.69) is 10.2 Å². The third-order valence-corrected chi connectivity index (χ3v) is 8.46. The minimum atomic E-state index is -3.85. The minimum Gasteiger partial charge on any atom is -0.379 e. The van der Waals surface area contributed by atoms with Gasteiger partial charge in [-0.1, -0.05) is 18.2 Å². The van der Waals surface area contributed by atoms with Crippen molar-refractivity contribution in [3.8, 4) is 5.69 Å². The summed E-state index contributed by atoms with van der Waals surface area (Å²) in [5, 5.41) is 21.0. The van der Waals surface area contributed by atoms with Gasteiger partial charge in [-0.25, -0.2) is 8.42 Å². The maximum atomic E-state index is 13.0. The number of para-hydroxylation sites is 1. The Morgan fingerprint density at radius 1 is 1.06 bits per heavy atom. The quantitative estimate of drug-likeness (QED) is 0.368. The molecule has 2 fully saturated rings. The molecule has 2 aromatic carbocycles. The van der Waals surface area contributed by atoms with Gasteiger partial charge in [0, 0.05) is 30.8 Å². The molecule has 0 bridgehead atoms. The molecule has 10 nitrogen and oxygen atoms in total. The molecule has 5 rings (SSSR count). The van der Waals surface area contributed by atoms with Crippen LogP contribution in [0.4, 0.5) is 5.69 Å². The van der Waals surface area contributed by atoms with Crippen molar-refractivity contribution < 1.29 is 18.1 Å². The molecule has 0 N–H and O–H groups in total. The van der Waals surface area contributed by atoms with Gasteiger partial charge in [0.2, 0.25) is 15.2 Å². The highest BCUT2D eigenvalue weighted by molar-refractivity contribution is 7.99. The van der Waals surface area contributed by atoms with Crippen LogP contribution < -0.4 is 0 Å². The fraction of sp³-hybridized carbons (Fsp3) is 0.333. The number of nitrogens with zero attached hydrogens (tertiary/aromatic N) is 5. The number of aromatic nitrogens is 3. The molecule has 1 aliphatic heterocycles. The van der Waals surface area contributed by atoms with Crippen molar-refractivity contribution in [2.75, 3.05) is 26.3 Å². The molecule has 1 aromatic heterocycles. The average molecular weight is 488 g/mol. The van der Waals surface area contributed by atoms with E-state index in [1.807, 2.05) is 34.9 Å². The smallest absolute Gasteiger partial charge is 0.284 e. The first kappa shape index (κ1) is 22.0. The zero-order valence-electron chi connectivity index (χ0n) is 17.5. The molecule has 172 valence electrons. The Hall–Kier alpha value is -2.80. The van der Waals surface area contributed by atoms with E-state index in [4.69, 9.17) is 4.74 Å². The second kappa shape index (κ2) is 8.86. The van der Waals surface area contributed by atoms with Crippen LogP contribution in [0, 0.1) is 10.1 Å². The summed E-state index contributed by atoms with van der Waals surface area (Å²) in [6, 6.07) is 13.6. The fourth-order valence-electron chi connectivity index (χ4n) is 3.69. The molecule has 2 aliphatic rings. The maximum Gasteiger partial charge on any atom is 0.284 e. The summed E-state index contributed by atoms with van der Waals surface area (Å²) in [6.45, 7) is 1.04. The zero-order chi connectivity index (χ0) is 23.0. The molecule has 1 aliphatic carbocycles. The van der Waals surface area contributed by atoms with E-state index >= 15 is 0 Å². The molecule has 0 unspecified atom stereocenters. The van der Waals surface area contributed by atoms with Gasteiger partial charge in [-0.15, -0.1) is 10.2 Å². The number of ether oxygens (including phenoxy) is 1. The zero-order valence-corrected chi connectivity index (χ0v) is 19.2. The number of hydrogen-bond acceptors (Lipinski definition) is 8. The van der Waals surface area contributed by atoms with E-state index in [0.29, 0.717) is 29.2 Å². The number of hydrogen-bond donors (Lipinski definition) is 0. The summed E-state index contributed by atoms with van der Waals surface area (Å²) in [4.78, 5) is 11.5. The highest BCUT2D eigenvalue weighted by Crippen LogP contribution is 2.43. The predicted molar refractivity (Wildman–Crippen MR) is 120 cm³/mol. The Morgan fingerprint density at radius 3 is 2.45 bits per heavy atom. The van der Waals surface area contributed by atoms with E-state index in [9.17, 15) is 18.5 Å². The molecule has 33 heavy (non-hydrogen) atoms. The van der Waals surface area contributed by atoms with Crippen LogP contribution in [0.5, 0.6) is 0 Å². The SMILES string of the molecule is O=[N+]([O-])c1cc(S(=O)(=O)N2CCOCC2)ccc1Sc1nnc(C2CC2)n1-c1ccccc1. The lowest BCUT2D eigenvalue weighted by Gasteiger charge is -2.26. The van der Waals surface area contributed by atoms with E-state index in [1.165, 1.54) is 16.4 Å². The van der Waals surface area contributed by atoms with Gasteiger partial charge >= 0.3 is 0 Å². The molecule has 1 saturated carbocycles. The van der Waals surface area contributed by atoms with Gasteiger partial charge < -0.3 is 4.74 Å². The Bertz CT molecular complexity index is 1290. The van der Waals surface area contributed by atoms with Crippen molar-refractivity contribution in [3.63, 3.8) is 0 Å². The summed E-state index contributed by atoms with van der Waals surface area (Å²) in [7, 11) is -3.85. The van der Waals surface area contributed by atoms with Crippen molar-refractivity contribution in [1.82, 2.24) is 19.1 Å². The molecule has 0 atom stereocenters. The second-order valence-electron chi connectivity index (χ2n) is 7.79. The molecule has 12 heteroatoms. The summed E-state index contributed by atoms with van der Waals surface area (Å²) in [6.07, 6.45) is 2.06. The van der Waals surface area contributed by atoms with Crippen LogP contribution >= 0.6 is 11.8 Å². The standard InChI is InChI=1S/C21H21N5O5S2/c27-26(28)18-14-17(33(29,30)24-10-12-31-13-11-24)8-9-19(18)32-21-23-22-20(15-6-7-15)25(21)16-4-2-1-3-5-16/h1-5,8-9,14-15H,6-7,10-13H2. The lowest BCUT2D eigenvalue weighted by molar-refractivity contribution is -0.388. The lowest BCUT2D eigenvalue weighted by atomic mass is 10.3. The normalized spacial score (nSPS) is 17.2. The van der Waals surface area contributed by atoms with Gasteiger partial charge in [0.15, 0.2) is 0 Å². The summed E-state index contributed by atoms with van der Waals surface area (Å²) < 4.78 is 34.4. The number of nitro groups is 1. The number of rotatable bonds is 7. The number of morpholine rings is 1. The van der Waals surface area contributed by atoms with Crippen LogP contribution in [-0.2, 0) is 14.8 Å². The third kappa shape index (κ3) is 4.38. The fourth-order valence-corrected chi connectivity index (χ4v) is 6.07. The Morgan fingerprint density at radius 2 is 1.79 bits per heavy atom. The van der Waals surface area contributed by atoms with Gasteiger partial charge in [0.05, 0.1) is 27.9 Å². The molecule has 2 heterocycles. The van der Waals surface area contributed by atoms with Gasteiger partial charge in [-0.3, -0.25) is 14.7 Å². The van der Waals surface area contributed by atoms with E-state index in [0.717, 1.165) is 42.2 Å². The molecule has 3 aromatic rings. The maximum absolute atomic E-state index is 13.0. The molecule has 0 amide bonds. The van der Waals surface area contributed by atoms with Crippen molar-refractivity contribution in [2.45, 2.75) is 33.7 Å². The Labute approximate surface area is 194 Å². The van der Waals surface area contributed by atoms with E-state index in [1.54, 1.807) is 0 Å². The van der Waals surface area contributed by atoms with Gasteiger partial charge in [0.25, 0.3) is 5.69 Å². The molecule has 0 spiro atoms. The highest BCUT2D eigenvalue weighted by atomic mass is 32.2. The van der Waals surface area contributed by atoms with E-state index in [-0.39, 0.29) is 23.7 Å². The molecular formula is C21H21N5O5S2. The van der Waals surface area contributed by atoms with Gasteiger partial charge in [-0.2, -0.15) is 4.31 Å². The van der Waals surface area contributed by atoms with Gasteiger partial charge in [0.1, 0.15) is 5.82 Å². The van der Waals surface area contributed by atoms with Crippen LogP contribution in [0.1, 0.15) is 24.6 Å². The highest BCUT2D eigenvalue weighted by Gasteiger charge is 2.33. The van der Waals surface area contributed by atoms with Crippen LogP contribution in [0.2, 0.25) is 0 Å². The van der Waals surface area contributed by atoms with Crippen molar-refractivity contribution in [3.05, 3.63) is 64.5 Å². The molecular weight excluding hydrogens is 466 g/mol. The molecule has 1 saturated heterocycles. The van der Waals surface area contributed by atoms with Gasteiger partial charge in [-0.05, 0) is 48.9 Å². The number of benzene rings is 2. The van der Waals surface area contributed by atoms with Crippen molar-refractivity contribution >= 4 is 27.5 Å². The number of sulfonamides is 1. The monoisotopic (exact) mass is 487 g/mol.